The molecule has 0 fully saturated rings. The van der Waals surface area contributed by atoms with Crippen LogP contribution in [0.15, 0.2) is 54.3 Å². The second-order valence-corrected chi connectivity index (χ2v) is 5.23. The van der Waals surface area contributed by atoms with Crippen molar-refractivity contribution < 1.29 is 23.8 Å². The molecule has 0 bridgehead atoms. The number of Topliss-reactive ketones (excluding diaryl/α,β-unsaturated/α-hetero) is 1. The number of esters is 1. The molecule has 0 aliphatic carbocycles. The van der Waals surface area contributed by atoms with E-state index < -0.39 is 23.6 Å². The Hall–Kier alpha value is -2.95. The normalized spacial score (nSPS) is 17.3. The Labute approximate surface area is 131 Å². The van der Waals surface area contributed by atoms with Gasteiger partial charge in [-0.05, 0) is 30.2 Å². The van der Waals surface area contributed by atoms with Crippen LogP contribution in [-0.4, -0.2) is 16.9 Å². The molecule has 0 saturated carbocycles. The fourth-order valence-electron chi connectivity index (χ4n) is 2.50. The quantitative estimate of drug-likeness (QED) is 0.695. The van der Waals surface area contributed by atoms with Crippen molar-refractivity contribution in [2.75, 3.05) is 0 Å². The number of ether oxygens (including phenoxy) is 1. The summed E-state index contributed by atoms with van der Waals surface area (Å²) in [6, 6.07) is 12.0. The summed E-state index contributed by atoms with van der Waals surface area (Å²) in [4.78, 5) is 23.1. The van der Waals surface area contributed by atoms with Crippen molar-refractivity contribution in [1.82, 2.24) is 0 Å². The van der Waals surface area contributed by atoms with Crippen molar-refractivity contribution in [2.24, 2.45) is 0 Å². The second-order valence-electron chi connectivity index (χ2n) is 5.23. The number of hydrogen-bond acceptors (Lipinski definition) is 4. The molecule has 3 rings (SSSR count). The monoisotopic (exact) mass is 312 g/mol. The van der Waals surface area contributed by atoms with Gasteiger partial charge in [0.15, 0.2) is 11.9 Å². The second kappa shape index (κ2) is 5.68. The van der Waals surface area contributed by atoms with Gasteiger partial charge >= 0.3 is 5.97 Å². The number of aliphatic hydroxyl groups is 1. The molecule has 1 atom stereocenters. The molecule has 2 aromatic rings. The predicted octanol–water partition coefficient (Wildman–Crippen LogP) is 3.60. The standard InChI is InChI=1S/C18H13FO4/c1-10(20)11-2-4-12(5-3-11)15-16(21)18(22)23-17(15)13-6-8-14(19)9-7-13/h2-9,17,21H,1H3. The van der Waals surface area contributed by atoms with E-state index in [1.165, 1.54) is 31.2 Å². The van der Waals surface area contributed by atoms with Crippen LogP contribution in [0.5, 0.6) is 0 Å². The Kier molecular flexibility index (Phi) is 3.70. The van der Waals surface area contributed by atoms with E-state index in [2.05, 4.69) is 0 Å². The van der Waals surface area contributed by atoms with Crippen molar-refractivity contribution in [3.05, 3.63) is 76.8 Å². The molecular formula is C18H13FO4. The van der Waals surface area contributed by atoms with Crippen molar-refractivity contribution in [2.45, 2.75) is 13.0 Å². The largest absolute Gasteiger partial charge is 0.502 e. The van der Waals surface area contributed by atoms with Gasteiger partial charge in [-0.25, -0.2) is 9.18 Å². The summed E-state index contributed by atoms with van der Waals surface area (Å²) in [6.45, 7) is 1.45. The van der Waals surface area contributed by atoms with Crippen LogP contribution in [-0.2, 0) is 9.53 Å². The molecule has 1 aliphatic heterocycles. The number of carbonyl (C=O) groups is 2. The predicted molar refractivity (Wildman–Crippen MR) is 81.2 cm³/mol. The van der Waals surface area contributed by atoms with Crippen LogP contribution < -0.4 is 0 Å². The van der Waals surface area contributed by atoms with E-state index in [-0.39, 0.29) is 5.78 Å². The van der Waals surface area contributed by atoms with E-state index in [1.54, 1.807) is 24.3 Å². The number of benzene rings is 2. The highest BCUT2D eigenvalue weighted by Crippen LogP contribution is 2.40. The lowest BCUT2D eigenvalue weighted by Crippen LogP contribution is -2.03. The summed E-state index contributed by atoms with van der Waals surface area (Å²) >= 11 is 0. The molecule has 1 N–H and O–H groups in total. The maximum absolute atomic E-state index is 13.1. The number of carbonyl (C=O) groups excluding carboxylic acids is 2. The fourth-order valence-corrected chi connectivity index (χ4v) is 2.50. The van der Waals surface area contributed by atoms with Crippen LogP contribution in [0.2, 0.25) is 0 Å². The molecule has 23 heavy (non-hydrogen) atoms. The molecule has 0 radical (unpaired) electrons. The number of hydrogen-bond donors (Lipinski definition) is 1. The molecule has 0 amide bonds. The number of rotatable bonds is 3. The Bertz CT molecular complexity index is 804. The van der Waals surface area contributed by atoms with Crippen LogP contribution in [0.25, 0.3) is 5.57 Å². The van der Waals surface area contributed by atoms with Crippen LogP contribution >= 0.6 is 0 Å². The van der Waals surface area contributed by atoms with E-state index >= 15 is 0 Å². The molecular weight excluding hydrogens is 299 g/mol. The number of cyclic esters (lactones) is 1. The Morgan fingerprint density at radius 1 is 1.09 bits per heavy atom. The highest BCUT2D eigenvalue weighted by atomic mass is 19.1. The maximum Gasteiger partial charge on any atom is 0.374 e. The third kappa shape index (κ3) is 2.73. The molecule has 1 aliphatic rings. The van der Waals surface area contributed by atoms with Crippen LogP contribution in [0.3, 0.4) is 0 Å². The van der Waals surface area contributed by atoms with Gasteiger partial charge in [0.05, 0.1) is 5.57 Å². The van der Waals surface area contributed by atoms with Crippen LogP contribution in [0.1, 0.15) is 34.5 Å². The Morgan fingerprint density at radius 2 is 1.70 bits per heavy atom. The van der Waals surface area contributed by atoms with Gasteiger partial charge in [-0.1, -0.05) is 36.4 Å². The van der Waals surface area contributed by atoms with E-state index in [1.807, 2.05) is 0 Å². The van der Waals surface area contributed by atoms with E-state index in [4.69, 9.17) is 4.74 Å². The molecule has 0 saturated heterocycles. The minimum atomic E-state index is -0.829. The molecule has 1 heterocycles. The summed E-state index contributed by atoms with van der Waals surface area (Å²) in [5.74, 6) is -1.79. The SMILES string of the molecule is CC(=O)c1ccc(C2=C(O)C(=O)OC2c2ccc(F)cc2)cc1. The lowest BCUT2D eigenvalue weighted by Gasteiger charge is -2.14. The van der Waals surface area contributed by atoms with Crippen molar-refractivity contribution in [3.8, 4) is 0 Å². The number of aliphatic hydroxyl groups excluding tert-OH is 1. The summed E-state index contributed by atoms with van der Waals surface area (Å²) in [7, 11) is 0. The summed E-state index contributed by atoms with van der Waals surface area (Å²) in [6.07, 6.45) is -0.814. The summed E-state index contributed by atoms with van der Waals surface area (Å²) < 4.78 is 18.3. The summed E-state index contributed by atoms with van der Waals surface area (Å²) in [5, 5.41) is 10.0. The third-order valence-electron chi connectivity index (χ3n) is 3.71. The topological polar surface area (TPSA) is 63.6 Å². The third-order valence-corrected chi connectivity index (χ3v) is 3.71. The highest BCUT2D eigenvalue weighted by Gasteiger charge is 2.36. The zero-order valence-corrected chi connectivity index (χ0v) is 12.2. The van der Waals surface area contributed by atoms with Crippen molar-refractivity contribution in [3.63, 3.8) is 0 Å². The molecule has 116 valence electrons. The smallest absolute Gasteiger partial charge is 0.374 e. The van der Waals surface area contributed by atoms with Gasteiger partial charge in [0.1, 0.15) is 5.82 Å². The lowest BCUT2D eigenvalue weighted by molar-refractivity contribution is -0.142. The van der Waals surface area contributed by atoms with Gasteiger partial charge < -0.3 is 9.84 Å². The first kappa shape index (κ1) is 15.0. The molecule has 2 aromatic carbocycles. The maximum atomic E-state index is 13.1. The van der Waals surface area contributed by atoms with Gasteiger partial charge in [0.25, 0.3) is 0 Å². The van der Waals surface area contributed by atoms with Crippen molar-refractivity contribution >= 4 is 17.3 Å². The van der Waals surface area contributed by atoms with Crippen LogP contribution in [0, 0.1) is 5.82 Å². The minimum absolute atomic E-state index is 0.0800. The van der Waals surface area contributed by atoms with Gasteiger partial charge in [-0.2, -0.15) is 0 Å². The number of halogens is 1. The summed E-state index contributed by atoms with van der Waals surface area (Å²) in [5.41, 5.74) is 1.94. The minimum Gasteiger partial charge on any atom is -0.502 e. The van der Waals surface area contributed by atoms with Gasteiger partial charge in [0, 0.05) is 5.56 Å². The van der Waals surface area contributed by atoms with Gasteiger partial charge in [-0.15, -0.1) is 0 Å². The molecule has 4 nitrogen and oxygen atoms in total. The first-order valence-corrected chi connectivity index (χ1v) is 6.98. The highest BCUT2D eigenvalue weighted by molar-refractivity contribution is 6.01. The van der Waals surface area contributed by atoms with E-state index in [0.29, 0.717) is 22.3 Å². The first-order chi connectivity index (χ1) is 11.0. The van der Waals surface area contributed by atoms with Crippen LogP contribution in [0.4, 0.5) is 4.39 Å². The molecule has 0 spiro atoms. The molecule has 0 aromatic heterocycles. The Morgan fingerprint density at radius 3 is 2.26 bits per heavy atom. The van der Waals surface area contributed by atoms with Gasteiger partial charge in [-0.3, -0.25) is 4.79 Å². The average Bonchev–Trinajstić information content (AvgIpc) is 2.84. The fraction of sp³-hybridized carbons (Fsp3) is 0.111. The van der Waals surface area contributed by atoms with Crippen molar-refractivity contribution in [1.29, 1.82) is 0 Å². The first-order valence-electron chi connectivity index (χ1n) is 6.98. The Balaban J connectivity index is 2.04. The zero-order valence-electron chi connectivity index (χ0n) is 12.2. The average molecular weight is 312 g/mol. The number of ketones is 1. The molecule has 5 heteroatoms. The van der Waals surface area contributed by atoms with Gasteiger partial charge in [0.2, 0.25) is 5.76 Å². The van der Waals surface area contributed by atoms with E-state index in [9.17, 15) is 19.1 Å². The zero-order chi connectivity index (χ0) is 16.6. The molecule has 1 unspecified atom stereocenters. The lowest BCUT2D eigenvalue weighted by atomic mass is 9.94. The van der Waals surface area contributed by atoms with E-state index in [0.717, 1.165) is 0 Å².